The summed E-state index contributed by atoms with van der Waals surface area (Å²) in [7, 11) is 3.88. The van der Waals surface area contributed by atoms with Gasteiger partial charge in [0, 0.05) is 64.8 Å². The summed E-state index contributed by atoms with van der Waals surface area (Å²) in [6.07, 6.45) is 8.02. The van der Waals surface area contributed by atoms with E-state index in [4.69, 9.17) is 4.74 Å². The van der Waals surface area contributed by atoms with E-state index < -0.39 is 0 Å². The number of ether oxygens (including phenoxy) is 1. The minimum absolute atomic E-state index is 0.0583. The van der Waals surface area contributed by atoms with E-state index in [0.717, 1.165) is 37.6 Å². The fraction of sp³-hybridized carbons (Fsp3) is 0.571. The van der Waals surface area contributed by atoms with Crippen LogP contribution in [0.15, 0.2) is 47.2 Å². The zero-order valence-corrected chi connectivity index (χ0v) is 23.9. The lowest BCUT2D eigenvalue weighted by Crippen LogP contribution is -2.50. The van der Waals surface area contributed by atoms with Gasteiger partial charge in [0.15, 0.2) is 11.6 Å². The van der Waals surface area contributed by atoms with Crippen LogP contribution in [0.4, 0.5) is 5.82 Å². The Balaban J connectivity index is 0.00000205. The summed E-state index contributed by atoms with van der Waals surface area (Å²) in [5, 5.41) is 5.87. The van der Waals surface area contributed by atoms with Crippen molar-refractivity contribution in [2.75, 3.05) is 91.0 Å². The lowest BCUT2D eigenvalue weighted by molar-refractivity contribution is -0.130. The van der Waals surface area contributed by atoms with E-state index >= 15 is 0 Å². The van der Waals surface area contributed by atoms with Crippen molar-refractivity contribution in [1.82, 2.24) is 30.3 Å². The Hall–Kier alpha value is -3.28. The smallest absolute Gasteiger partial charge is 0.239 e. The van der Waals surface area contributed by atoms with Gasteiger partial charge in [0.2, 0.25) is 11.8 Å². The number of rotatable bonds is 8. The fourth-order valence-corrected chi connectivity index (χ4v) is 4.52. The highest BCUT2D eigenvalue weighted by Crippen LogP contribution is 2.27. The average molecular weight is 541 g/mol. The van der Waals surface area contributed by atoms with Gasteiger partial charge in [-0.25, -0.2) is 9.98 Å². The van der Waals surface area contributed by atoms with E-state index in [2.05, 4.69) is 42.4 Å². The van der Waals surface area contributed by atoms with Crippen LogP contribution in [0, 0.1) is 0 Å². The predicted molar refractivity (Wildman–Crippen MR) is 155 cm³/mol. The van der Waals surface area contributed by atoms with Crippen LogP contribution >= 0.6 is 0 Å². The molecule has 11 nitrogen and oxygen atoms in total. The van der Waals surface area contributed by atoms with Gasteiger partial charge in [0.25, 0.3) is 0 Å². The molecule has 2 N–H and O–H groups in total. The number of anilines is 1. The number of nitrogens with zero attached hydrogens (tertiary/aromatic N) is 6. The standard InChI is InChI=1S/C26H38N8O3.C2H6/c1-27-18-25(36)33-13-15-34(16-14-33)26-22(6-4-8-29-26)37-20-21-5-3-7-28-23(17-21)30-24(35)19-32-11-9-31(2)10-12-32;1-2/h3-4,6-8,17,27H,5,9-16,18-20H2,1-2H3,(H,28,30,35);1-2H3. The highest BCUT2D eigenvalue weighted by atomic mass is 16.5. The summed E-state index contributed by atoms with van der Waals surface area (Å²) in [5.41, 5.74) is 1.00. The molecule has 214 valence electrons. The van der Waals surface area contributed by atoms with Gasteiger partial charge in [-0.05, 0) is 44.3 Å². The summed E-state index contributed by atoms with van der Waals surface area (Å²) < 4.78 is 6.21. The second kappa shape index (κ2) is 16.0. The molecule has 0 aliphatic carbocycles. The SMILES string of the molecule is CC.CNCC(=O)N1CCN(c2ncccc2OCC2=CC(NC(=O)CN3CCN(C)CC3)=NC=CC2)CC1. The minimum Gasteiger partial charge on any atom is -0.485 e. The molecule has 0 bridgehead atoms. The van der Waals surface area contributed by atoms with Crippen molar-refractivity contribution in [1.29, 1.82) is 0 Å². The summed E-state index contributed by atoms with van der Waals surface area (Å²) in [4.78, 5) is 42.2. The highest BCUT2D eigenvalue weighted by Gasteiger charge is 2.23. The number of hydrogen-bond acceptors (Lipinski definition) is 9. The Kier molecular flexibility index (Phi) is 12.4. The van der Waals surface area contributed by atoms with Crippen LogP contribution in [0.1, 0.15) is 20.3 Å². The molecule has 0 aromatic carbocycles. The molecule has 4 heterocycles. The first-order valence-electron chi connectivity index (χ1n) is 13.9. The molecule has 0 radical (unpaired) electrons. The normalized spacial score (nSPS) is 18.4. The van der Waals surface area contributed by atoms with Crippen LogP contribution in [0.5, 0.6) is 5.75 Å². The average Bonchev–Trinajstić information content (AvgIpc) is 3.19. The van der Waals surface area contributed by atoms with Gasteiger partial charge in [0.1, 0.15) is 12.4 Å². The Morgan fingerprint density at radius 3 is 2.51 bits per heavy atom. The summed E-state index contributed by atoms with van der Waals surface area (Å²) >= 11 is 0. The molecule has 11 heteroatoms. The molecule has 2 fully saturated rings. The Bertz CT molecular complexity index is 1030. The lowest BCUT2D eigenvalue weighted by atomic mass is 10.2. The van der Waals surface area contributed by atoms with Gasteiger partial charge in [0.05, 0.1) is 13.1 Å². The molecule has 1 aromatic heterocycles. The van der Waals surface area contributed by atoms with Gasteiger partial charge in [-0.15, -0.1) is 0 Å². The van der Waals surface area contributed by atoms with Crippen molar-refractivity contribution >= 4 is 23.5 Å². The number of likely N-dealkylation sites (N-methyl/N-ethyl adjacent to an activating group) is 2. The van der Waals surface area contributed by atoms with Gasteiger partial charge >= 0.3 is 0 Å². The number of carbonyl (C=O) groups is 2. The van der Waals surface area contributed by atoms with E-state index in [1.807, 2.05) is 43.0 Å². The van der Waals surface area contributed by atoms with E-state index in [1.54, 1.807) is 19.4 Å². The Morgan fingerprint density at radius 1 is 1.05 bits per heavy atom. The first kappa shape index (κ1) is 30.3. The largest absolute Gasteiger partial charge is 0.485 e. The molecular weight excluding hydrogens is 496 g/mol. The second-order valence-electron chi connectivity index (χ2n) is 9.55. The van der Waals surface area contributed by atoms with Crippen LogP contribution in [0.25, 0.3) is 0 Å². The first-order chi connectivity index (χ1) is 19.0. The number of piperazine rings is 2. The lowest BCUT2D eigenvalue weighted by Gasteiger charge is -2.36. The van der Waals surface area contributed by atoms with Crippen LogP contribution in [-0.2, 0) is 9.59 Å². The summed E-state index contributed by atoms with van der Waals surface area (Å²) in [6, 6.07) is 3.78. The quantitative estimate of drug-likeness (QED) is 0.503. The first-order valence-corrected chi connectivity index (χ1v) is 13.9. The number of amidine groups is 1. The van der Waals surface area contributed by atoms with Crippen LogP contribution < -0.4 is 20.3 Å². The Morgan fingerprint density at radius 2 is 1.79 bits per heavy atom. The minimum atomic E-state index is -0.0583. The molecule has 0 spiro atoms. The van der Waals surface area contributed by atoms with Crippen molar-refractivity contribution in [3.05, 3.63) is 42.3 Å². The fourth-order valence-electron chi connectivity index (χ4n) is 4.52. The molecule has 0 atom stereocenters. The molecule has 3 aliphatic heterocycles. The third-order valence-corrected chi connectivity index (χ3v) is 6.69. The summed E-state index contributed by atoms with van der Waals surface area (Å²) in [6.45, 7) is 11.5. The zero-order chi connectivity index (χ0) is 28.0. The molecule has 2 saturated heterocycles. The number of carbonyl (C=O) groups excluding carboxylic acids is 2. The van der Waals surface area contributed by atoms with Crippen molar-refractivity contribution < 1.29 is 14.3 Å². The topological polar surface area (TPSA) is 106 Å². The van der Waals surface area contributed by atoms with Crippen molar-refractivity contribution in [3.8, 4) is 5.75 Å². The number of aromatic nitrogens is 1. The Labute approximate surface area is 232 Å². The second-order valence-corrected chi connectivity index (χ2v) is 9.55. The molecule has 0 unspecified atom stereocenters. The molecule has 4 rings (SSSR count). The van der Waals surface area contributed by atoms with Gasteiger partial charge in [-0.1, -0.05) is 19.9 Å². The molecule has 1 aromatic rings. The molecule has 0 saturated carbocycles. The van der Waals surface area contributed by atoms with Gasteiger partial charge in [-0.3, -0.25) is 14.5 Å². The van der Waals surface area contributed by atoms with E-state index in [1.165, 1.54) is 0 Å². The predicted octanol–water partition coefficient (Wildman–Crippen LogP) is 0.961. The molecule has 3 aliphatic rings. The monoisotopic (exact) mass is 540 g/mol. The maximum atomic E-state index is 12.6. The number of hydrogen-bond donors (Lipinski definition) is 2. The zero-order valence-electron chi connectivity index (χ0n) is 23.9. The highest BCUT2D eigenvalue weighted by molar-refractivity contribution is 6.05. The maximum Gasteiger partial charge on any atom is 0.239 e. The van der Waals surface area contributed by atoms with Crippen LogP contribution in [0.3, 0.4) is 0 Å². The molecular formula is C28H44N8O3. The van der Waals surface area contributed by atoms with Crippen LogP contribution in [0.2, 0.25) is 0 Å². The van der Waals surface area contributed by atoms with Crippen molar-refractivity contribution in [2.24, 2.45) is 4.99 Å². The van der Waals surface area contributed by atoms with E-state index in [9.17, 15) is 9.59 Å². The summed E-state index contributed by atoms with van der Waals surface area (Å²) in [5.74, 6) is 2.06. The van der Waals surface area contributed by atoms with Gasteiger partial charge in [-0.2, -0.15) is 0 Å². The molecule has 2 amide bonds. The van der Waals surface area contributed by atoms with E-state index in [0.29, 0.717) is 63.9 Å². The third kappa shape index (κ3) is 9.45. The van der Waals surface area contributed by atoms with Crippen LogP contribution in [-0.4, -0.2) is 123 Å². The number of allylic oxidation sites excluding steroid dienone is 1. The number of amides is 2. The number of pyridine rings is 1. The van der Waals surface area contributed by atoms with Crippen molar-refractivity contribution in [3.63, 3.8) is 0 Å². The third-order valence-electron chi connectivity index (χ3n) is 6.69. The maximum absolute atomic E-state index is 12.6. The molecule has 39 heavy (non-hydrogen) atoms. The number of aliphatic imine (C=N–C) groups is 1. The van der Waals surface area contributed by atoms with E-state index in [-0.39, 0.29) is 11.8 Å². The number of nitrogens with one attached hydrogen (secondary N) is 2. The van der Waals surface area contributed by atoms with Crippen molar-refractivity contribution in [2.45, 2.75) is 20.3 Å². The van der Waals surface area contributed by atoms with Gasteiger partial charge < -0.3 is 30.1 Å².